The van der Waals surface area contributed by atoms with Gasteiger partial charge >= 0.3 is 17.9 Å². The molecule has 3 aliphatic heterocycles. The Morgan fingerprint density at radius 1 is 0.354 bits per heavy atom. The molecule has 8 N–H and O–H groups in total. The maximum Gasteiger partial charge on any atom is 0.335 e. The molecule has 0 unspecified atom stereocenters. The normalized spacial score (nSPS) is 13.7. The third kappa shape index (κ3) is 53.9. The van der Waals surface area contributed by atoms with Crippen LogP contribution in [0.25, 0.3) is 43.9 Å². The third-order valence-corrected chi connectivity index (χ3v) is 22.6. The highest BCUT2D eigenvalue weighted by Crippen LogP contribution is 2.33. The number of piperazine rings is 2. The molecule has 0 saturated carbocycles. The van der Waals surface area contributed by atoms with Crippen molar-refractivity contribution in [2.75, 3.05) is 392 Å². The number of aryl methyl sites for hydroxylation is 2. The van der Waals surface area contributed by atoms with Gasteiger partial charge < -0.3 is 155 Å². The van der Waals surface area contributed by atoms with Crippen LogP contribution >= 0.6 is 0 Å². The van der Waals surface area contributed by atoms with Crippen LogP contribution in [0.15, 0.2) is 36.4 Å². The topological polar surface area (TPSA) is 510 Å². The number of H-pyrrole nitrogens is 2. The summed E-state index contributed by atoms with van der Waals surface area (Å²) in [5, 5.41) is 19.7. The van der Waals surface area contributed by atoms with Gasteiger partial charge in [-0.25, -0.2) is 24.7 Å². The number of carboxylic acids is 2. The van der Waals surface area contributed by atoms with Crippen molar-refractivity contribution < 1.29 is 148 Å². The zero-order valence-electron chi connectivity index (χ0n) is 85.6. The van der Waals surface area contributed by atoms with Gasteiger partial charge in [0.15, 0.2) is 0 Å². The third-order valence-electron chi connectivity index (χ3n) is 22.6. The fourth-order valence-corrected chi connectivity index (χ4v) is 14.6. The fourth-order valence-electron chi connectivity index (χ4n) is 14.6. The van der Waals surface area contributed by atoms with Crippen molar-refractivity contribution in [2.24, 2.45) is 0 Å². The largest absolute Gasteiger partial charge is 0.481 e. The molecule has 3 amide bonds. The zero-order chi connectivity index (χ0) is 103. The number of fused-ring (bicyclic) bond motifs is 6. The number of hydrogen-bond donors (Lipinski definition) is 6. The fraction of sp³-hybridized carbons (Fsp3) is 0.737. The van der Waals surface area contributed by atoms with Gasteiger partial charge in [-0.3, -0.25) is 33.8 Å². The molecule has 7 heterocycles. The summed E-state index contributed by atoms with van der Waals surface area (Å²) in [6, 6.07) is 12.8. The molecule has 45 heteroatoms. The van der Waals surface area contributed by atoms with Crippen molar-refractivity contribution in [1.82, 2.24) is 49.7 Å². The Kier molecular flexibility index (Phi) is 67.6. The second kappa shape index (κ2) is 79.6. The molecule has 816 valence electrons. The first-order chi connectivity index (χ1) is 70.6. The lowest BCUT2D eigenvalue weighted by molar-refractivity contribution is -0.198. The van der Waals surface area contributed by atoms with E-state index in [1.54, 1.807) is 19.1 Å². The number of rotatable bonds is 87. The Morgan fingerprint density at radius 3 is 0.986 bits per heavy atom. The van der Waals surface area contributed by atoms with E-state index in [-0.39, 0.29) is 64.3 Å². The van der Waals surface area contributed by atoms with Crippen molar-refractivity contribution >= 4 is 103 Å². The Balaban J connectivity index is 0.000000337. The maximum atomic E-state index is 13.1. The first-order valence-corrected chi connectivity index (χ1v) is 51.0. The van der Waals surface area contributed by atoms with Gasteiger partial charge in [-0.15, -0.1) is 5.06 Å². The summed E-state index contributed by atoms with van der Waals surface area (Å²) < 4.78 is 120. The number of nitrogen functional groups attached to an aromatic ring is 2. The molecule has 6 aromatic rings. The molecule has 3 fully saturated rings. The molecule has 0 atom stereocenters. The number of carbonyl (C=O) groups excluding carboxylic acids is 4. The van der Waals surface area contributed by atoms with E-state index in [1.165, 1.54) is 5.69 Å². The van der Waals surface area contributed by atoms with Crippen molar-refractivity contribution in [1.29, 1.82) is 0 Å². The molecule has 4 aromatic heterocycles. The number of ether oxygens (including phenoxy) is 22. The lowest BCUT2D eigenvalue weighted by Crippen LogP contribution is -2.47. The second-order valence-corrected chi connectivity index (χ2v) is 33.6. The van der Waals surface area contributed by atoms with Gasteiger partial charge in [0.05, 0.1) is 301 Å². The molecule has 0 radical (unpaired) electrons. The van der Waals surface area contributed by atoms with Gasteiger partial charge in [-0.1, -0.05) is 26.7 Å². The molecule has 45 nitrogen and oxygen atoms in total. The number of amides is 3. The number of aliphatic carboxylic acids is 2. The summed E-state index contributed by atoms with van der Waals surface area (Å²) in [5.41, 5.74) is 20.1. The van der Waals surface area contributed by atoms with Crippen LogP contribution in [-0.2, 0) is 151 Å². The predicted octanol–water partition coefficient (Wildman–Crippen LogP) is 6.26. The van der Waals surface area contributed by atoms with E-state index < -0.39 is 29.7 Å². The van der Waals surface area contributed by atoms with Crippen LogP contribution < -0.4 is 21.3 Å². The highest BCUT2D eigenvalue weighted by molar-refractivity contribution is 6.08. The van der Waals surface area contributed by atoms with E-state index in [1.807, 2.05) is 6.07 Å². The van der Waals surface area contributed by atoms with Gasteiger partial charge in [0.2, 0.25) is 5.91 Å². The van der Waals surface area contributed by atoms with E-state index in [4.69, 9.17) is 136 Å². The van der Waals surface area contributed by atoms with Crippen LogP contribution in [0.3, 0.4) is 0 Å². The number of pyridine rings is 2. The van der Waals surface area contributed by atoms with Gasteiger partial charge in [0, 0.05) is 154 Å². The summed E-state index contributed by atoms with van der Waals surface area (Å²) >= 11 is 0. The summed E-state index contributed by atoms with van der Waals surface area (Å²) in [7, 11) is 3.16. The van der Waals surface area contributed by atoms with E-state index in [0.717, 1.165) is 204 Å². The number of hydroxylamine groups is 2. The Bertz CT molecular complexity index is 4360. The number of carbonyl (C=O) groups is 6. The molecule has 3 saturated heterocycles. The molecular weight excluding hydrogens is 1880 g/mol. The Hall–Kier alpha value is -8.54. The number of imidazole rings is 2. The molecule has 0 spiro atoms. The average molecular weight is 2050 g/mol. The number of aromatic amines is 2. The minimum Gasteiger partial charge on any atom is -0.481 e. The number of benzene rings is 2. The smallest absolute Gasteiger partial charge is 0.335 e. The number of unbranched alkanes of at least 4 members (excludes halogenated alkanes) is 4. The summed E-state index contributed by atoms with van der Waals surface area (Å²) in [5.74, 6) is -0.462. The lowest BCUT2D eigenvalue weighted by Gasteiger charge is -2.36. The van der Waals surface area contributed by atoms with Crippen LogP contribution in [0.4, 0.5) is 23.0 Å². The quantitative estimate of drug-likeness (QED) is 0.0181. The molecule has 0 bridgehead atoms. The lowest BCUT2D eigenvalue weighted by atomic mass is 10.1. The van der Waals surface area contributed by atoms with E-state index in [0.29, 0.717) is 268 Å². The van der Waals surface area contributed by atoms with Gasteiger partial charge in [-0.05, 0) is 68.5 Å². The number of carboxylic acid groups (broad SMARTS) is 2. The first-order valence-electron chi connectivity index (χ1n) is 51.0. The number of aromatic nitrogens is 6. The van der Waals surface area contributed by atoms with E-state index in [2.05, 4.69) is 88.6 Å². The summed E-state index contributed by atoms with van der Waals surface area (Å²) in [6.07, 6.45) is 9.78. The zero-order valence-corrected chi connectivity index (χ0v) is 85.6. The highest BCUT2D eigenvalue weighted by atomic mass is 16.7. The van der Waals surface area contributed by atoms with E-state index >= 15 is 0 Å². The summed E-state index contributed by atoms with van der Waals surface area (Å²) in [4.78, 5) is 109. The molecule has 144 heavy (non-hydrogen) atoms. The number of nitrogens with zero attached hydrogens (tertiary/aromatic N) is 10. The minimum absolute atomic E-state index is 0.000961. The number of anilines is 4. The SMILES string of the molecule is CCCCc1nc2c([nH]1)c(N)nc1ccc(N3CCN(CCOCCCCCOCCOCCOCCOCCOCCOCCOCCOCCC(=O)O)CC3)cc12.CCCCc1nc2c([nH]1)c(N)nc1ccc(N3CCN(CCOCCN(CCOCCOCCOCCOCCOCCOCCOCCOCCC(=O)O)C(=O)CCOCCOC)CC3)cc12.COCCOCCC(=O)ON1C(=O)CCC1=O. The van der Waals surface area contributed by atoms with Gasteiger partial charge in [0.25, 0.3) is 11.8 Å². The first kappa shape index (κ1) is 122. The Labute approximate surface area is 846 Å². The van der Waals surface area contributed by atoms with Crippen molar-refractivity contribution in [3.63, 3.8) is 0 Å². The van der Waals surface area contributed by atoms with Crippen molar-refractivity contribution in [3.05, 3.63) is 48.0 Å². The van der Waals surface area contributed by atoms with Crippen LogP contribution in [-0.4, -0.2) is 466 Å². The highest BCUT2D eigenvalue weighted by Gasteiger charge is 2.33. The molecule has 0 aliphatic carbocycles. The maximum absolute atomic E-state index is 13.1. The second-order valence-electron chi connectivity index (χ2n) is 33.6. The number of nitrogens with one attached hydrogen (secondary N) is 2. The Morgan fingerprint density at radius 2 is 0.653 bits per heavy atom. The monoisotopic (exact) mass is 2050 g/mol. The number of nitrogens with two attached hydrogens (primary N) is 2. The van der Waals surface area contributed by atoms with E-state index in [9.17, 15) is 28.8 Å². The minimum atomic E-state index is -0.881. The average Bonchev–Trinajstić information content (AvgIpc) is 1.55. The van der Waals surface area contributed by atoms with Crippen molar-refractivity contribution in [3.8, 4) is 0 Å². The summed E-state index contributed by atoms with van der Waals surface area (Å²) in [6.45, 7) is 33.9. The number of imide groups is 1. The molecule has 2 aromatic carbocycles. The van der Waals surface area contributed by atoms with Crippen LogP contribution in [0.5, 0.6) is 0 Å². The number of hydrogen-bond acceptors (Lipinski definition) is 39. The van der Waals surface area contributed by atoms with Crippen molar-refractivity contribution in [2.45, 2.75) is 110 Å². The molecule has 3 aliphatic rings. The van der Waals surface area contributed by atoms with Crippen LogP contribution in [0.2, 0.25) is 0 Å². The molecule has 9 rings (SSSR count). The van der Waals surface area contributed by atoms with Gasteiger partial charge in [-0.2, -0.15) is 0 Å². The standard InChI is InChI=1S/C47H79N7O14.C42H70N6O11.C10H15NO6/c1-3-4-5-42-50-45-40-38-39(6-7-41(40)49-47(48)46(45)51-42)53-12-10-52(11-13-53)14-19-61-20-15-54(43(55)8-17-59-23-22-58-2)16-21-62-25-27-64-29-31-66-33-35-68-37-36-67-34-32-65-30-28-63-26-24-60-18-9-44(56)57;1-2-3-7-38-45-40-36-34-35(8-9-37(36)44-42(43)41(40)46-38)48-13-11-47(12-14-48)15-19-51-16-5-4-6-17-52-20-22-54-24-26-56-28-30-58-32-33-59-31-29-57-27-25-55-23-21-53-18-10-39(49)50;1-15-6-7-16-5-4-10(14)17-11-8(12)2-3-9(11)13/h6-7,38H,3-5,8-37H2,1-2H3,(H2,48,49)(H,50,51)(H,56,57);8-9,34H,2-7,10-33H2,1H3,(H2,43,44)(H,45,46)(H,49,50);2-7H2,1H3. The van der Waals surface area contributed by atoms with Gasteiger partial charge in [0.1, 0.15) is 45.4 Å². The van der Waals surface area contributed by atoms with Crippen LogP contribution in [0.1, 0.15) is 109 Å². The molecular formula is C99H164N14O31. The van der Waals surface area contributed by atoms with Crippen LogP contribution in [0, 0.1) is 0 Å². The predicted molar refractivity (Wildman–Crippen MR) is 538 cm³/mol. The number of methoxy groups -OCH3 is 2.